The number of nitrogens with zero attached hydrogens (tertiary/aromatic N) is 2. The standard InChI is InChI=1S/C20H14F2N2O2S/c21-13-7-5-12(6-8-13)20(26)11-27-19-16(10-23)15(9-18(25)24(19)20)14-3-1-2-4-17(14)22/h1-8,15,26H,9,11H2. The van der Waals surface area contributed by atoms with Gasteiger partial charge in [0.1, 0.15) is 11.6 Å². The van der Waals surface area contributed by atoms with Gasteiger partial charge in [-0.25, -0.2) is 8.78 Å². The lowest BCUT2D eigenvalue weighted by Gasteiger charge is -2.38. The number of hydrogen-bond acceptors (Lipinski definition) is 4. The average Bonchev–Trinajstić information content (AvgIpc) is 3.02. The van der Waals surface area contributed by atoms with Gasteiger partial charge in [0.05, 0.1) is 22.4 Å². The van der Waals surface area contributed by atoms with Crippen LogP contribution in [0.25, 0.3) is 0 Å². The first-order chi connectivity index (χ1) is 13.0. The molecular weight excluding hydrogens is 370 g/mol. The summed E-state index contributed by atoms with van der Waals surface area (Å²) in [7, 11) is 0. The summed E-state index contributed by atoms with van der Waals surface area (Å²) in [6, 6.07) is 13.4. The van der Waals surface area contributed by atoms with E-state index in [-0.39, 0.29) is 23.3 Å². The zero-order chi connectivity index (χ0) is 19.2. The highest BCUT2D eigenvalue weighted by Crippen LogP contribution is 2.51. The van der Waals surface area contributed by atoms with Gasteiger partial charge in [0, 0.05) is 17.9 Å². The lowest BCUT2D eigenvalue weighted by atomic mass is 9.85. The van der Waals surface area contributed by atoms with Gasteiger partial charge in [-0.3, -0.25) is 9.69 Å². The zero-order valence-electron chi connectivity index (χ0n) is 14.0. The number of rotatable bonds is 2. The van der Waals surface area contributed by atoms with Crippen molar-refractivity contribution >= 4 is 17.7 Å². The highest BCUT2D eigenvalue weighted by Gasteiger charge is 2.52. The lowest BCUT2D eigenvalue weighted by molar-refractivity contribution is -0.149. The van der Waals surface area contributed by atoms with Crippen molar-refractivity contribution < 1.29 is 18.7 Å². The van der Waals surface area contributed by atoms with Crippen LogP contribution in [-0.2, 0) is 10.5 Å². The van der Waals surface area contributed by atoms with Gasteiger partial charge in [-0.2, -0.15) is 5.26 Å². The number of allylic oxidation sites excluding steroid dienone is 1. The Hall–Kier alpha value is -2.69. The predicted molar refractivity (Wildman–Crippen MR) is 96.0 cm³/mol. The van der Waals surface area contributed by atoms with Gasteiger partial charge in [-0.05, 0) is 23.8 Å². The molecule has 2 unspecified atom stereocenters. The van der Waals surface area contributed by atoms with Crippen LogP contribution >= 0.6 is 11.8 Å². The summed E-state index contributed by atoms with van der Waals surface area (Å²) in [6.45, 7) is 0. The fourth-order valence-corrected chi connectivity index (χ4v) is 4.94. The first-order valence-corrected chi connectivity index (χ1v) is 9.27. The molecule has 0 saturated carbocycles. The van der Waals surface area contributed by atoms with Gasteiger partial charge in [0.2, 0.25) is 5.91 Å². The van der Waals surface area contributed by atoms with Crippen LogP contribution in [0.4, 0.5) is 8.78 Å². The molecule has 2 aromatic carbocycles. The van der Waals surface area contributed by atoms with E-state index in [9.17, 15) is 23.9 Å². The van der Waals surface area contributed by atoms with Crippen LogP contribution in [0.3, 0.4) is 0 Å². The Balaban J connectivity index is 1.83. The van der Waals surface area contributed by atoms with Gasteiger partial charge >= 0.3 is 0 Å². The van der Waals surface area contributed by atoms with E-state index < -0.39 is 29.2 Å². The maximum atomic E-state index is 14.3. The number of amides is 1. The molecule has 1 N–H and O–H groups in total. The summed E-state index contributed by atoms with van der Waals surface area (Å²) in [5.41, 5.74) is -0.774. The third kappa shape index (κ3) is 2.73. The fraction of sp³-hybridized carbons (Fsp3) is 0.200. The molecule has 2 aromatic rings. The van der Waals surface area contributed by atoms with Crippen LogP contribution in [0.1, 0.15) is 23.5 Å². The quantitative estimate of drug-likeness (QED) is 0.859. The molecule has 7 heteroatoms. The third-order valence-electron chi connectivity index (χ3n) is 4.90. The van der Waals surface area contributed by atoms with E-state index in [0.717, 1.165) is 0 Å². The molecule has 0 radical (unpaired) electrons. The second-order valence-electron chi connectivity index (χ2n) is 6.45. The molecule has 2 aliphatic rings. The number of carbonyl (C=O) groups is 1. The Kier molecular flexibility index (Phi) is 4.25. The maximum Gasteiger partial charge on any atom is 0.231 e. The fourth-order valence-electron chi connectivity index (χ4n) is 3.58. The molecule has 27 heavy (non-hydrogen) atoms. The third-order valence-corrected chi connectivity index (χ3v) is 6.12. The van der Waals surface area contributed by atoms with Crippen molar-refractivity contribution in [3.63, 3.8) is 0 Å². The van der Waals surface area contributed by atoms with E-state index in [1.807, 2.05) is 0 Å². The van der Waals surface area contributed by atoms with Crippen LogP contribution in [-0.4, -0.2) is 21.7 Å². The normalized spacial score (nSPS) is 24.7. The molecule has 1 amide bonds. The van der Waals surface area contributed by atoms with Crippen molar-refractivity contribution in [3.05, 3.63) is 81.9 Å². The van der Waals surface area contributed by atoms with Crippen molar-refractivity contribution in [2.45, 2.75) is 18.1 Å². The van der Waals surface area contributed by atoms with E-state index >= 15 is 0 Å². The molecular formula is C20H14F2N2O2S. The molecule has 4 rings (SSSR count). The van der Waals surface area contributed by atoms with Crippen molar-refractivity contribution in [1.82, 2.24) is 4.90 Å². The van der Waals surface area contributed by atoms with E-state index in [1.54, 1.807) is 18.2 Å². The molecule has 0 aliphatic carbocycles. The van der Waals surface area contributed by atoms with Crippen molar-refractivity contribution in [3.8, 4) is 6.07 Å². The minimum atomic E-state index is -1.67. The van der Waals surface area contributed by atoms with E-state index in [2.05, 4.69) is 6.07 Å². The lowest BCUT2D eigenvalue weighted by Crippen LogP contribution is -2.48. The van der Waals surface area contributed by atoms with Gasteiger partial charge in [0.25, 0.3) is 0 Å². The highest BCUT2D eigenvalue weighted by atomic mass is 32.2. The summed E-state index contributed by atoms with van der Waals surface area (Å²) in [6.07, 6.45) is -0.128. The van der Waals surface area contributed by atoms with Gasteiger partial charge in [-0.15, -0.1) is 11.8 Å². The van der Waals surface area contributed by atoms with E-state index in [0.29, 0.717) is 10.6 Å². The topological polar surface area (TPSA) is 64.3 Å². The minimum absolute atomic E-state index is 0.106. The number of thioether (sulfide) groups is 1. The first kappa shape index (κ1) is 17.7. The summed E-state index contributed by atoms with van der Waals surface area (Å²) in [4.78, 5) is 14.1. The maximum absolute atomic E-state index is 14.3. The second-order valence-corrected chi connectivity index (χ2v) is 7.41. The highest BCUT2D eigenvalue weighted by molar-refractivity contribution is 8.03. The largest absolute Gasteiger partial charge is 0.366 e. The molecule has 2 aliphatic heterocycles. The number of benzene rings is 2. The molecule has 1 saturated heterocycles. The molecule has 1 fully saturated rings. The molecule has 0 spiro atoms. The zero-order valence-corrected chi connectivity index (χ0v) is 14.8. The van der Waals surface area contributed by atoms with Crippen LogP contribution in [0.2, 0.25) is 0 Å². The number of hydrogen-bond donors (Lipinski definition) is 1. The smallest absolute Gasteiger partial charge is 0.231 e. The number of aliphatic hydroxyl groups is 1. The number of halogens is 2. The van der Waals surface area contributed by atoms with Crippen LogP contribution in [0.5, 0.6) is 0 Å². The van der Waals surface area contributed by atoms with Crippen LogP contribution in [0, 0.1) is 23.0 Å². The van der Waals surface area contributed by atoms with Gasteiger partial charge < -0.3 is 5.11 Å². The monoisotopic (exact) mass is 384 g/mol. The summed E-state index contributed by atoms with van der Waals surface area (Å²) in [5, 5.41) is 21.2. The van der Waals surface area contributed by atoms with E-state index in [4.69, 9.17) is 0 Å². The Morgan fingerprint density at radius 2 is 1.89 bits per heavy atom. The van der Waals surface area contributed by atoms with Gasteiger partial charge in [0.15, 0.2) is 5.72 Å². The van der Waals surface area contributed by atoms with Gasteiger partial charge in [-0.1, -0.05) is 30.3 Å². The Labute approximate surface area is 158 Å². The van der Waals surface area contributed by atoms with E-state index in [1.165, 1.54) is 47.0 Å². The van der Waals surface area contributed by atoms with Crippen LogP contribution in [0.15, 0.2) is 59.1 Å². The van der Waals surface area contributed by atoms with Crippen molar-refractivity contribution in [2.75, 3.05) is 5.75 Å². The number of nitriles is 1. The Morgan fingerprint density at radius 3 is 2.56 bits per heavy atom. The predicted octanol–water partition coefficient (Wildman–Crippen LogP) is 3.61. The SMILES string of the molecule is N#CC1=C2SCC(O)(c3ccc(F)cc3)N2C(=O)CC1c1ccccc1F. The van der Waals surface area contributed by atoms with Crippen molar-refractivity contribution in [1.29, 1.82) is 5.26 Å². The molecule has 4 nitrogen and oxygen atoms in total. The Morgan fingerprint density at radius 1 is 1.19 bits per heavy atom. The number of carbonyl (C=O) groups excluding carboxylic acids is 1. The number of fused-ring (bicyclic) bond motifs is 1. The molecule has 2 heterocycles. The molecule has 2 atom stereocenters. The Bertz CT molecular complexity index is 1000. The second kappa shape index (κ2) is 6.48. The van der Waals surface area contributed by atoms with Crippen LogP contribution < -0.4 is 0 Å². The van der Waals surface area contributed by atoms with Crippen molar-refractivity contribution in [2.24, 2.45) is 0 Å². The summed E-state index contributed by atoms with van der Waals surface area (Å²) in [5.74, 6) is -1.93. The summed E-state index contributed by atoms with van der Waals surface area (Å²) >= 11 is 1.17. The molecule has 0 bridgehead atoms. The average molecular weight is 384 g/mol. The molecule has 136 valence electrons. The first-order valence-electron chi connectivity index (χ1n) is 8.28. The molecule has 0 aromatic heterocycles. The minimum Gasteiger partial charge on any atom is -0.366 e. The summed E-state index contributed by atoms with van der Waals surface area (Å²) < 4.78 is 27.5.